The Kier molecular flexibility index (Phi) is 8.02. The molecule has 302 valence electrons. The van der Waals surface area contributed by atoms with Crippen LogP contribution in [-0.2, 0) is 0 Å². The number of furan rings is 1. The molecule has 0 saturated carbocycles. The van der Waals surface area contributed by atoms with Crippen molar-refractivity contribution in [2.45, 2.75) is 6.42 Å². The summed E-state index contributed by atoms with van der Waals surface area (Å²) >= 11 is 1.77. The van der Waals surface area contributed by atoms with Crippen molar-refractivity contribution in [3.8, 4) is 73.8 Å². The number of hydrogen-bond acceptors (Lipinski definition) is 9. The second-order valence-electron chi connectivity index (χ2n) is 15.6. The van der Waals surface area contributed by atoms with Gasteiger partial charge in [0, 0.05) is 64.8 Å². The maximum absolute atomic E-state index is 11.1. The van der Waals surface area contributed by atoms with Crippen LogP contribution in [0.3, 0.4) is 0 Å². The van der Waals surface area contributed by atoms with Gasteiger partial charge in [0.2, 0.25) is 17.2 Å². The summed E-state index contributed by atoms with van der Waals surface area (Å²) in [7, 11) is 0. The van der Waals surface area contributed by atoms with E-state index >= 15 is 0 Å². The number of nitrogens with zero attached hydrogens (tertiary/aromatic N) is 3. The number of fused-ring (bicyclic) bond motifs is 9. The van der Waals surface area contributed by atoms with E-state index in [1.165, 1.54) is 15.5 Å². The molecule has 1 aliphatic carbocycles. The van der Waals surface area contributed by atoms with Gasteiger partial charge in [-0.25, -0.2) is 9.97 Å². The normalized spacial score (nSPS) is 13.3. The van der Waals surface area contributed by atoms with Crippen LogP contribution in [0.4, 0.5) is 0 Å². The van der Waals surface area contributed by atoms with Crippen molar-refractivity contribution in [2.75, 3.05) is 0 Å². The Morgan fingerprint density at radius 3 is 2.05 bits per heavy atom. The lowest BCUT2D eigenvalue weighted by molar-refractivity contribution is 0.330. The quantitative estimate of drug-likeness (QED) is 0.0851. The lowest BCUT2D eigenvalue weighted by Gasteiger charge is -2.15. The average Bonchev–Trinajstić information content (AvgIpc) is 4.01. The zero-order valence-corrected chi connectivity index (χ0v) is 33.9. The lowest BCUT2D eigenvalue weighted by atomic mass is 9.93. The molecule has 0 unspecified atom stereocenters. The molecule has 11 aromatic rings. The summed E-state index contributed by atoms with van der Waals surface area (Å²) in [5.41, 5.74) is 8.71. The maximum Gasteiger partial charge on any atom is 0.208 e. The Morgan fingerprint density at radius 2 is 1.21 bits per heavy atom. The second kappa shape index (κ2) is 13.8. The first-order valence-corrected chi connectivity index (χ1v) is 21.1. The molecule has 12 rings (SSSR count). The van der Waals surface area contributed by atoms with Gasteiger partial charge in [-0.3, -0.25) is 0 Å². The molecule has 0 radical (unpaired) electrons. The van der Waals surface area contributed by atoms with Gasteiger partial charge >= 0.3 is 0 Å². The van der Waals surface area contributed by atoms with E-state index in [0.717, 1.165) is 65.7 Å². The number of aromatic hydroxyl groups is 5. The number of rotatable bonds is 5. The van der Waals surface area contributed by atoms with Gasteiger partial charge in [0.1, 0.15) is 11.3 Å². The predicted molar refractivity (Wildman–Crippen MR) is 252 cm³/mol. The van der Waals surface area contributed by atoms with E-state index in [-0.39, 0.29) is 5.56 Å². The van der Waals surface area contributed by atoms with Gasteiger partial charge in [0.15, 0.2) is 17.3 Å². The van der Waals surface area contributed by atoms with Gasteiger partial charge in [-0.1, -0.05) is 115 Å². The minimum Gasteiger partial charge on any atom is -0.504 e. The van der Waals surface area contributed by atoms with E-state index in [1.54, 1.807) is 23.5 Å². The molecule has 4 heterocycles. The fraction of sp³-hybridized carbons (Fsp3) is 0.0189. The molecule has 0 bridgehead atoms. The van der Waals surface area contributed by atoms with Crippen molar-refractivity contribution < 1.29 is 29.9 Å². The van der Waals surface area contributed by atoms with Gasteiger partial charge in [0.25, 0.3) is 0 Å². The molecule has 0 aliphatic heterocycles. The van der Waals surface area contributed by atoms with Crippen LogP contribution in [0.25, 0.3) is 116 Å². The third-order valence-electron chi connectivity index (χ3n) is 12.0. The van der Waals surface area contributed by atoms with Gasteiger partial charge in [-0.05, 0) is 54.0 Å². The highest BCUT2D eigenvalue weighted by molar-refractivity contribution is 7.26. The van der Waals surface area contributed by atoms with Crippen molar-refractivity contribution in [2.24, 2.45) is 0 Å². The average molecular weight is 840 g/mol. The molecular weight excluding hydrogens is 807 g/mol. The number of para-hydroxylation sites is 1. The fourth-order valence-electron chi connectivity index (χ4n) is 9.21. The van der Waals surface area contributed by atoms with Crippen LogP contribution in [0.1, 0.15) is 17.7 Å². The molecule has 0 spiro atoms. The van der Waals surface area contributed by atoms with E-state index in [0.29, 0.717) is 34.5 Å². The predicted octanol–water partition coefficient (Wildman–Crippen LogP) is 13.3. The second-order valence-corrected chi connectivity index (χ2v) is 16.6. The smallest absolute Gasteiger partial charge is 0.208 e. The molecular formula is C53H33N3O6S. The highest BCUT2D eigenvalue weighted by atomic mass is 32.1. The molecule has 5 N–H and O–H groups in total. The topological polar surface area (TPSA) is 145 Å². The Labute approximate surface area is 362 Å². The van der Waals surface area contributed by atoms with Gasteiger partial charge in [-0.15, -0.1) is 11.3 Å². The molecule has 10 heteroatoms. The molecule has 4 aromatic heterocycles. The first-order chi connectivity index (χ1) is 30.8. The van der Waals surface area contributed by atoms with Gasteiger partial charge in [-0.2, -0.15) is 0 Å². The van der Waals surface area contributed by atoms with Crippen molar-refractivity contribution in [1.82, 2.24) is 14.5 Å². The van der Waals surface area contributed by atoms with E-state index in [1.807, 2.05) is 66.7 Å². The fourth-order valence-corrected chi connectivity index (χ4v) is 10.4. The number of allylic oxidation sites excluding steroid dienone is 2. The van der Waals surface area contributed by atoms with Crippen molar-refractivity contribution >= 4 is 82.1 Å². The molecule has 63 heavy (non-hydrogen) atoms. The van der Waals surface area contributed by atoms with Crippen LogP contribution >= 0.6 is 11.3 Å². The summed E-state index contributed by atoms with van der Waals surface area (Å²) in [6, 6.07) is 46.3. The van der Waals surface area contributed by atoms with E-state index in [2.05, 4.69) is 83.6 Å². The zero-order valence-electron chi connectivity index (χ0n) is 33.1. The number of hydrogen-bond donors (Lipinski definition) is 5. The molecule has 9 nitrogen and oxygen atoms in total. The summed E-state index contributed by atoms with van der Waals surface area (Å²) in [5.74, 6) is -3.13. The summed E-state index contributed by atoms with van der Waals surface area (Å²) in [5, 5.41) is 58.1. The number of phenols is 5. The largest absolute Gasteiger partial charge is 0.504 e. The van der Waals surface area contributed by atoms with E-state index in [9.17, 15) is 25.5 Å². The first-order valence-electron chi connectivity index (χ1n) is 20.3. The number of phenolic OH excluding ortho intramolecular Hbond substituents is 5. The monoisotopic (exact) mass is 839 g/mol. The van der Waals surface area contributed by atoms with Crippen LogP contribution in [0.15, 0.2) is 150 Å². The molecule has 7 aromatic carbocycles. The van der Waals surface area contributed by atoms with Crippen molar-refractivity contribution in [3.05, 3.63) is 157 Å². The SMILES string of the molecule is Oc1c(O)c(O)c(-c2cccc3c2c2ccccc2n3C=C2CC=Cc3oc4cccc(-c5nc(-c6ccccc6)cc(-c6cccc7c6sc6ccccc67)n5)c4c32)c(O)c1O. The Balaban J connectivity index is 1.09. The molecule has 0 saturated heterocycles. The molecule has 0 fully saturated rings. The summed E-state index contributed by atoms with van der Waals surface area (Å²) in [4.78, 5) is 10.6. The van der Waals surface area contributed by atoms with Crippen LogP contribution in [-0.4, -0.2) is 40.1 Å². The molecule has 1 aliphatic rings. The maximum atomic E-state index is 11.1. The standard InChI is InChI=1S/C53H33N3O6S/c57-47-46(48(58)50(60)51(61)49(47)59)34-19-10-22-39-44(34)33-16-4-6-21-38(33)56(39)27-29-14-8-23-40-43(29)45-35(20-11-24-41(45)62-40)53-54-36(28-12-2-1-3-13-28)26-37(55-53)32-18-9-17-31-30-15-5-7-25-42(30)63-52(31)32/h1-13,15-27,57-61H,14H2. The summed E-state index contributed by atoms with van der Waals surface area (Å²) in [6.07, 6.45) is 6.74. The zero-order chi connectivity index (χ0) is 42.5. The van der Waals surface area contributed by atoms with Gasteiger partial charge in [0.05, 0.1) is 28.0 Å². The van der Waals surface area contributed by atoms with Crippen molar-refractivity contribution in [3.63, 3.8) is 0 Å². The van der Waals surface area contributed by atoms with Crippen LogP contribution < -0.4 is 0 Å². The third-order valence-corrected chi connectivity index (χ3v) is 13.3. The Morgan fingerprint density at radius 1 is 0.556 bits per heavy atom. The van der Waals surface area contributed by atoms with Gasteiger partial charge < -0.3 is 34.5 Å². The van der Waals surface area contributed by atoms with E-state index < -0.39 is 28.7 Å². The number of thiophene rings is 1. The minimum absolute atomic E-state index is 0.210. The lowest BCUT2D eigenvalue weighted by Crippen LogP contribution is -1.98. The third kappa shape index (κ3) is 5.48. The van der Waals surface area contributed by atoms with Crippen LogP contribution in [0.5, 0.6) is 28.7 Å². The number of benzene rings is 7. The molecule has 0 atom stereocenters. The minimum atomic E-state index is -1.01. The highest BCUT2D eigenvalue weighted by Gasteiger charge is 2.28. The molecule has 0 amide bonds. The summed E-state index contributed by atoms with van der Waals surface area (Å²) in [6.45, 7) is 0. The van der Waals surface area contributed by atoms with Crippen LogP contribution in [0.2, 0.25) is 0 Å². The summed E-state index contributed by atoms with van der Waals surface area (Å²) < 4.78 is 11.1. The first kappa shape index (κ1) is 36.5. The number of aromatic nitrogens is 3. The van der Waals surface area contributed by atoms with Crippen LogP contribution in [0, 0.1) is 0 Å². The highest BCUT2D eigenvalue weighted by Crippen LogP contribution is 2.56. The van der Waals surface area contributed by atoms with Crippen molar-refractivity contribution in [1.29, 1.82) is 0 Å². The Bertz CT molecular complexity index is 3760. The van der Waals surface area contributed by atoms with E-state index in [4.69, 9.17) is 14.4 Å². The Hall–Kier alpha value is -8.34.